The van der Waals surface area contributed by atoms with E-state index < -0.39 is 0 Å². The van der Waals surface area contributed by atoms with Gasteiger partial charge in [0.15, 0.2) is 0 Å². The van der Waals surface area contributed by atoms with E-state index in [-0.39, 0.29) is 0 Å². The van der Waals surface area contributed by atoms with Gasteiger partial charge in [-0.1, -0.05) is 11.3 Å². The standard InChI is InChI=1S/C8H9N3/c1-6-3-4-8-7(5-6)9-10-11(8)2/h3-5H,1-2H3. The van der Waals surface area contributed by atoms with E-state index in [4.69, 9.17) is 0 Å². The number of rotatable bonds is 0. The van der Waals surface area contributed by atoms with Crippen LogP contribution in [0.4, 0.5) is 0 Å². The molecule has 0 bridgehead atoms. The molecule has 0 N–H and O–H groups in total. The largest absolute Gasteiger partial charge is 0.248 e. The average molecular weight is 147 g/mol. The summed E-state index contributed by atoms with van der Waals surface area (Å²) < 4.78 is 1.77. The van der Waals surface area contributed by atoms with Crippen molar-refractivity contribution in [3.63, 3.8) is 0 Å². The normalized spacial score (nSPS) is 10.7. The number of hydrogen-bond donors (Lipinski definition) is 0. The molecule has 0 saturated carbocycles. The van der Waals surface area contributed by atoms with E-state index in [1.165, 1.54) is 5.56 Å². The van der Waals surface area contributed by atoms with Gasteiger partial charge in [-0.25, -0.2) is 4.68 Å². The van der Waals surface area contributed by atoms with Crippen LogP contribution in [0.5, 0.6) is 0 Å². The van der Waals surface area contributed by atoms with Crippen molar-refractivity contribution in [1.29, 1.82) is 0 Å². The second-order valence-corrected chi connectivity index (χ2v) is 2.71. The molecule has 0 amide bonds. The first-order valence-corrected chi connectivity index (χ1v) is 3.53. The first-order valence-electron chi connectivity index (χ1n) is 3.53. The van der Waals surface area contributed by atoms with Crippen LogP contribution in [0.15, 0.2) is 18.2 Å². The topological polar surface area (TPSA) is 30.7 Å². The van der Waals surface area contributed by atoms with E-state index in [1.54, 1.807) is 4.68 Å². The van der Waals surface area contributed by atoms with E-state index in [1.807, 2.05) is 26.1 Å². The van der Waals surface area contributed by atoms with Gasteiger partial charge in [-0.15, -0.1) is 5.10 Å². The van der Waals surface area contributed by atoms with E-state index >= 15 is 0 Å². The second kappa shape index (κ2) is 2.05. The summed E-state index contributed by atoms with van der Waals surface area (Å²) in [6.07, 6.45) is 0. The fraction of sp³-hybridized carbons (Fsp3) is 0.250. The lowest BCUT2D eigenvalue weighted by molar-refractivity contribution is 0.736. The SMILES string of the molecule is Cc1ccc2c(c1)nnn2C. The molecule has 2 rings (SSSR count). The highest BCUT2D eigenvalue weighted by molar-refractivity contribution is 5.74. The van der Waals surface area contributed by atoms with E-state index in [9.17, 15) is 0 Å². The Hall–Kier alpha value is -1.38. The summed E-state index contributed by atoms with van der Waals surface area (Å²) in [5, 5.41) is 7.90. The molecule has 0 spiro atoms. The Bertz CT molecular complexity index is 389. The fourth-order valence-electron chi connectivity index (χ4n) is 1.15. The van der Waals surface area contributed by atoms with Gasteiger partial charge in [0.25, 0.3) is 0 Å². The Kier molecular flexibility index (Phi) is 1.18. The van der Waals surface area contributed by atoms with Crippen molar-refractivity contribution in [1.82, 2.24) is 15.0 Å². The Balaban J connectivity index is 2.86. The van der Waals surface area contributed by atoms with Gasteiger partial charge in [0.05, 0.1) is 5.52 Å². The lowest BCUT2D eigenvalue weighted by atomic mass is 10.2. The van der Waals surface area contributed by atoms with Crippen molar-refractivity contribution in [2.24, 2.45) is 7.05 Å². The van der Waals surface area contributed by atoms with Crippen molar-refractivity contribution in [2.75, 3.05) is 0 Å². The Morgan fingerprint density at radius 1 is 1.36 bits per heavy atom. The summed E-state index contributed by atoms with van der Waals surface area (Å²) >= 11 is 0. The number of hydrogen-bond acceptors (Lipinski definition) is 2. The predicted octanol–water partition coefficient (Wildman–Crippen LogP) is 1.28. The molecule has 1 aromatic carbocycles. The molecule has 56 valence electrons. The van der Waals surface area contributed by atoms with Gasteiger partial charge in [-0.2, -0.15) is 0 Å². The van der Waals surface area contributed by atoms with Crippen molar-refractivity contribution in [3.05, 3.63) is 23.8 Å². The van der Waals surface area contributed by atoms with Gasteiger partial charge < -0.3 is 0 Å². The molecule has 0 aliphatic rings. The summed E-state index contributed by atoms with van der Waals surface area (Å²) in [7, 11) is 1.89. The maximum absolute atomic E-state index is 3.99. The molecule has 1 heterocycles. The van der Waals surface area contributed by atoms with Gasteiger partial charge in [0.2, 0.25) is 0 Å². The first kappa shape index (κ1) is 6.34. The molecule has 0 aliphatic carbocycles. The molecule has 2 aromatic rings. The van der Waals surface area contributed by atoms with Crippen molar-refractivity contribution in [3.8, 4) is 0 Å². The molecule has 11 heavy (non-hydrogen) atoms. The van der Waals surface area contributed by atoms with Gasteiger partial charge >= 0.3 is 0 Å². The van der Waals surface area contributed by atoms with Crippen LogP contribution in [0.3, 0.4) is 0 Å². The summed E-state index contributed by atoms with van der Waals surface area (Å²) in [6, 6.07) is 6.12. The summed E-state index contributed by atoms with van der Waals surface area (Å²) in [5.41, 5.74) is 3.26. The molecule has 1 aromatic heterocycles. The van der Waals surface area contributed by atoms with E-state index in [0.717, 1.165) is 11.0 Å². The zero-order chi connectivity index (χ0) is 7.84. The zero-order valence-corrected chi connectivity index (χ0v) is 6.57. The molecule has 3 nitrogen and oxygen atoms in total. The third-order valence-corrected chi connectivity index (χ3v) is 1.77. The molecule has 3 heteroatoms. The molecular formula is C8H9N3. The summed E-state index contributed by atoms with van der Waals surface area (Å²) in [5.74, 6) is 0. The van der Waals surface area contributed by atoms with E-state index in [0.29, 0.717) is 0 Å². The molecule has 0 fully saturated rings. The van der Waals surface area contributed by atoms with Gasteiger partial charge in [-0.3, -0.25) is 0 Å². The van der Waals surface area contributed by atoms with Crippen LogP contribution in [0, 0.1) is 6.92 Å². The molecule has 0 radical (unpaired) electrons. The first-order chi connectivity index (χ1) is 5.27. The Morgan fingerprint density at radius 2 is 2.18 bits per heavy atom. The minimum atomic E-state index is 0.965. The van der Waals surface area contributed by atoms with Crippen LogP contribution < -0.4 is 0 Å². The third kappa shape index (κ3) is 0.888. The van der Waals surface area contributed by atoms with Crippen LogP contribution in [0.2, 0.25) is 0 Å². The van der Waals surface area contributed by atoms with Crippen molar-refractivity contribution >= 4 is 11.0 Å². The van der Waals surface area contributed by atoms with E-state index in [2.05, 4.69) is 16.4 Å². The monoisotopic (exact) mass is 147 g/mol. The molecular weight excluding hydrogens is 138 g/mol. The van der Waals surface area contributed by atoms with Crippen LogP contribution in [0.25, 0.3) is 11.0 Å². The molecule has 0 aliphatic heterocycles. The smallest absolute Gasteiger partial charge is 0.113 e. The molecule has 0 saturated heterocycles. The van der Waals surface area contributed by atoms with Gasteiger partial charge in [0, 0.05) is 7.05 Å². The Labute approximate surface area is 64.6 Å². The fourth-order valence-corrected chi connectivity index (χ4v) is 1.15. The van der Waals surface area contributed by atoms with Crippen LogP contribution >= 0.6 is 0 Å². The van der Waals surface area contributed by atoms with Crippen LogP contribution in [-0.4, -0.2) is 15.0 Å². The Morgan fingerprint density at radius 3 is 3.00 bits per heavy atom. The highest BCUT2D eigenvalue weighted by Gasteiger charge is 1.98. The minimum absolute atomic E-state index is 0.965. The van der Waals surface area contributed by atoms with Crippen molar-refractivity contribution < 1.29 is 0 Å². The lowest BCUT2D eigenvalue weighted by Crippen LogP contribution is -1.88. The van der Waals surface area contributed by atoms with Gasteiger partial charge in [-0.05, 0) is 24.6 Å². The molecule has 0 atom stereocenters. The highest BCUT2D eigenvalue weighted by Crippen LogP contribution is 2.10. The average Bonchev–Trinajstić information content (AvgIpc) is 2.32. The van der Waals surface area contributed by atoms with Crippen molar-refractivity contribution in [2.45, 2.75) is 6.92 Å². The maximum atomic E-state index is 3.99. The quantitative estimate of drug-likeness (QED) is 0.562. The van der Waals surface area contributed by atoms with Crippen LogP contribution in [0.1, 0.15) is 5.56 Å². The highest BCUT2D eigenvalue weighted by atomic mass is 15.4. The predicted molar refractivity (Wildman–Crippen MR) is 43.2 cm³/mol. The maximum Gasteiger partial charge on any atom is 0.113 e. The minimum Gasteiger partial charge on any atom is -0.248 e. The number of benzene rings is 1. The second-order valence-electron chi connectivity index (χ2n) is 2.71. The lowest BCUT2D eigenvalue weighted by Gasteiger charge is -1.91. The zero-order valence-electron chi connectivity index (χ0n) is 6.57. The number of nitrogens with zero attached hydrogens (tertiary/aromatic N) is 3. The third-order valence-electron chi connectivity index (χ3n) is 1.77. The summed E-state index contributed by atoms with van der Waals surface area (Å²) in [4.78, 5) is 0. The number of aryl methyl sites for hydroxylation is 2. The molecule has 0 unspecified atom stereocenters. The summed E-state index contributed by atoms with van der Waals surface area (Å²) in [6.45, 7) is 2.05. The van der Waals surface area contributed by atoms with Crippen LogP contribution in [-0.2, 0) is 7.05 Å². The number of aromatic nitrogens is 3. The van der Waals surface area contributed by atoms with Gasteiger partial charge in [0.1, 0.15) is 5.52 Å². The number of fused-ring (bicyclic) bond motifs is 1.